The van der Waals surface area contributed by atoms with E-state index >= 15 is 0 Å². The minimum Gasteiger partial charge on any atom is -0.326 e. The molecular formula is C18H19N. The Kier molecular flexibility index (Phi) is 4.78. The predicted molar refractivity (Wildman–Crippen MR) is 80.8 cm³/mol. The van der Waals surface area contributed by atoms with Crippen LogP contribution in [0.2, 0.25) is 0 Å². The van der Waals surface area contributed by atoms with Crippen LogP contribution in [-0.2, 0) is 0 Å². The number of hydrogen-bond acceptors (Lipinski definition) is 1. The topological polar surface area (TPSA) is 26.0 Å². The number of benzene rings is 2. The summed E-state index contributed by atoms with van der Waals surface area (Å²) in [5.74, 6) is 6.22. The Bertz CT molecular complexity index is 509. The lowest BCUT2D eigenvalue weighted by Gasteiger charge is -2.23. The van der Waals surface area contributed by atoms with Crippen molar-refractivity contribution >= 4 is 0 Å². The number of rotatable bonds is 4. The van der Waals surface area contributed by atoms with Crippen molar-refractivity contribution in [2.45, 2.75) is 25.3 Å². The summed E-state index contributed by atoms with van der Waals surface area (Å²) in [6, 6.07) is 20.9. The van der Waals surface area contributed by atoms with Crippen LogP contribution in [0.4, 0.5) is 0 Å². The number of hydrogen-bond donors (Lipinski definition) is 1. The van der Waals surface area contributed by atoms with Gasteiger partial charge in [0.25, 0.3) is 0 Å². The highest BCUT2D eigenvalue weighted by Crippen LogP contribution is 2.28. The fourth-order valence-electron chi connectivity index (χ4n) is 2.35. The van der Waals surface area contributed by atoms with Crippen molar-refractivity contribution in [1.82, 2.24) is 0 Å². The molecule has 0 spiro atoms. The molecular weight excluding hydrogens is 230 g/mol. The maximum atomic E-state index is 6.37. The van der Waals surface area contributed by atoms with Gasteiger partial charge in [0.1, 0.15) is 0 Å². The van der Waals surface area contributed by atoms with Gasteiger partial charge in [-0.25, -0.2) is 0 Å². The number of nitrogens with two attached hydrogens (primary N) is 1. The molecule has 19 heavy (non-hydrogen) atoms. The zero-order chi connectivity index (χ0) is 13.5. The fourth-order valence-corrected chi connectivity index (χ4v) is 2.35. The monoisotopic (exact) mass is 249 g/mol. The van der Waals surface area contributed by atoms with Crippen LogP contribution in [-0.4, -0.2) is 6.04 Å². The van der Waals surface area contributed by atoms with Gasteiger partial charge in [0.2, 0.25) is 0 Å². The van der Waals surface area contributed by atoms with Crippen molar-refractivity contribution in [3.63, 3.8) is 0 Å². The highest BCUT2D eigenvalue weighted by Gasteiger charge is 2.20. The summed E-state index contributed by atoms with van der Waals surface area (Å²) in [6.07, 6.45) is 0.713. The summed E-state index contributed by atoms with van der Waals surface area (Å²) >= 11 is 0. The Morgan fingerprint density at radius 3 is 1.79 bits per heavy atom. The van der Waals surface area contributed by atoms with Crippen LogP contribution < -0.4 is 5.73 Å². The fraction of sp³-hybridized carbons (Fsp3) is 0.222. The molecule has 1 atom stereocenters. The van der Waals surface area contributed by atoms with E-state index in [0.29, 0.717) is 6.42 Å². The SMILES string of the molecule is CC#CCC(N)C(c1ccccc1)c1ccccc1. The summed E-state index contributed by atoms with van der Waals surface area (Å²) in [7, 11) is 0. The second-order valence-corrected chi connectivity index (χ2v) is 4.59. The molecule has 0 fully saturated rings. The normalized spacial score (nSPS) is 11.7. The minimum absolute atomic E-state index is 0.0113. The van der Waals surface area contributed by atoms with Crippen LogP contribution in [0.1, 0.15) is 30.4 Å². The quantitative estimate of drug-likeness (QED) is 0.824. The maximum Gasteiger partial charge on any atom is 0.0260 e. The predicted octanol–water partition coefficient (Wildman–Crippen LogP) is 3.56. The summed E-state index contributed by atoms with van der Waals surface area (Å²) < 4.78 is 0. The van der Waals surface area contributed by atoms with Crippen LogP contribution in [0.5, 0.6) is 0 Å². The first-order valence-electron chi connectivity index (χ1n) is 6.58. The highest BCUT2D eigenvalue weighted by molar-refractivity contribution is 5.34. The van der Waals surface area contributed by atoms with E-state index in [9.17, 15) is 0 Å². The van der Waals surface area contributed by atoms with E-state index in [0.717, 1.165) is 0 Å². The molecule has 0 amide bonds. The summed E-state index contributed by atoms with van der Waals surface area (Å²) in [4.78, 5) is 0. The molecule has 1 heteroatoms. The molecule has 0 saturated heterocycles. The van der Waals surface area contributed by atoms with Crippen molar-refractivity contribution in [3.8, 4) is 11.8 Å². The molecule has 1 nitrogen and oxygen atoms in total. The van der Waals surface area contributed by atoms with Gasteiger partial charge in [0.05, 0.1) is 0 Å². The van der Waals surface area contributed by atoms with Crippen molar-refractivity contribution in [3.05, 3.63) is 71.8 Å². The van der Waals surface area contributed by atoms with Crippen LogP contribution in [0.25, 0.3) is 0 Å². The molecule has 0 bridgehead atoms. The lowest BCUT2D eigenvalue weighted by Crippen LogP contribution is -2.28. The Morgan fingerprint density at radius 1 is 0.895 bits per heavy atom. The molecule has 0 aliphatic rings. The highest BCUT2D eigenvalue weighted by atomic mass is 14.6. The first-order valence-corrected chi connectivity index (χ1v) is 6.58. The molecule has 0 aliphatic heterocycles. The average Bonchev–Trinajstić information content (AvgIpc) is 2.47. The lowest BCUT2D eigenvalue weighted by molar-refractivity contribution is 0.608. The van der Waals surface area contributed by atoms with E-state index in [1.807, 2.05) is 19.1 Å². The molecule has 2 rings (SSSR count). The zero-order valence-electron chi connectivity index (χ0n) is 11.2. The lowest BCUT2D eigenvalue weighted by atomic mass is 9.84. The van der Waals surface area contributed by atoms with Gasteiger partial charge in [0.15, 0.2) is 0 Å². The summed E-state index contributed by atoms with van der Waals surface area (Å²) in [5, 5.41) is 0. The Hall–Kier alpha value is -2.04. The molecule has 0 saturated carbocycles. The molecule has 0 radical (unpaired) electrons. The van der Waals surface area contributed by atoms with Crippen molar-refractivity contribution in [2.24, 2.45) is 5.73 Å². The third-order valence-corrected chi connectivity index (χ3v) is 3.26. The van der Waals surface area contributed by atoms with Crippen LogP contribution >= 0.6 is 0 Å². The smallest absolute Gasteiger partial charge is 0.0260 e. The summed E-state index contributed by atoms with van der Waals surface area (Å²) in [5.41, 5.74) is 8.86. The largest absolute Gasteiger partial charge is 0.326 e. The molecule has 96 valence electrons. The van der Waals surface area contributed by atoms with Gasteiger partial charge in [-0.2, -0.15) is 0 Å². The van der Waals surface area contributed by atoms with Gasteiger partial charge in [-0.15, -0.1) is 11.8 Å². The standard InChI is InChI=1S/C18H19N/c1-2-3-14-17(19)18(15-10-6-4-7-11-15)16-12-8-5-9-13-16/h4-13,17-18H,14,19H2,1H3. The van der Waals surface area contributed by atoms with Gasteiger partial charge < -0.3 is 5.73 Å². The van der Waals surface area contributed by atoms with E-state index in [-0.39, 0.29) is 12.0 Å². The third kappa shape index (κ3) is 3.47. The molecule has 0 heterocycles. The van der Waals surface area contributed by atoms with E-state index in [2.05, 4.69) is 60.4 Å². The molecule has 2 aromatic carbocycles. The first kappa shape index (κ1) is 13.4. The Labute approximate surface area is 115 Å². The van der Waals surface area contributed by atoms with Crippen LogP contribution in [0, 0.1) is 11.8 Å². The maximum absolute atomic E-state index is 6.37. The van der Waals surface area contributed by atoms with E-state index < -0.39 is 0 Å². The van der Waals surface area contributed by atoms with E-state index in [4.69, 9.17) is 5.73 Å². The van der Waals surface area contributed by atoms with Gasteiger partial charge >= 0.3 is 0 Å². The molecule has 2 aromatic rings. The van der Waals surface area contributed by atoms with Gasteiger partial charge in [0, 0.05) is 18.4 Å². The zero-order valence-corrected chi connectivity index (χ0v) is 11.2. The molecule has 0 aromatic heterocycles. The molecule has 0 aliphatic carbocycles. The Morgan fingerprint density at radius 2 is 1.37 bits per heavy atom. The van der Waals surface area contributed by atoms with Crippen molar-refractivity contribution in [1.29, 1.82) is 0 Å². The van der Waals surface area contributed by atoms with E-state index in [1.54, 1.807) is 0 Å². The summed E-state index contributed by atoms with van der Waals surface area (Å²) in [6.45, 7) is 1.85. The van der Waals surface area contributed by atoms with Gasteiger partial charge in [-0.05, 0) is 18.1 Å². The molecule has 2 N–H and O–H groups in total. The van der Waals surface area contributed by atoms with E-state index in [1.165, 1.54) is 11.1 Å². The second kappa shape index (κ2) is 6.78. The van der Waals surface area contributed by atoms with Crippen LogP contribution in [0.3, 0.4) is 0 Å². The van der Waals surface area contributed by atoms with Crippen LogP contribution in [0.15, 0.2) is 60.7 Å². The second-order valence-electron chi connectivity index (χ2n) is 4.59. The average molecular weight is 249 g/mol. The van der Waals surface area contributed by atoms with Gasteiger partial charge in [-0.3, -0.25) is 0 Å². The Balaban J connectivity index is 2.35. The first-order chi connectivity index (χ1) is 9.33. The van der Waals surface area contributed by atoms with Gasteiger partial charge in [-0.1, -0.05) is 60.7 Å². The molecule has 1 unspecified atom stereocenters. The third-order valence-electron chi connectivity index (χ3n) is 3.26. The van der Waals surface area contributed by atoms with Crippen molar-refractivity contribution in [2.75, 3.05) is 0 Å². The minimum atomic E-state index is 0.0113. The van der Waals surface area contributed by atoms with Crippen molar-refractivity contribution < 1.29 is 0 Å².